The average molecular weight is 265 g/mol. The van der Waals surface area contributed by atoms with E-state index in [1.807, 2.05) is 0 Å². The Bertz CT molecular complexity index is 426. The fourth-order valence-electron chi connectivity index (χ4n) is 1.58. The number of ketones is 1. The van der Waals surface area contributed by atoms with Crippen LogP contribution in [-0.4, -0.2) is 5.78 Å². The molecule has 17 heavy (non-hydrogen) atoms. The summed E-state index contributed by atoms with van der Waals surface area (Å²) in [4.78, 5) is 11.1. The molecule has 0 amide bonds. The molecule has 1 rings (SSSR count). The molecule has 0 aliphatic heterocycles. The van der Waals surface area contributed by atoms with E-state index in [2.05, 4.69) is 0 Å². The van der Waals surface area contributed by atoms with Gasteiger partial charge in [0.05, 0.1) is 5.56 Å². The molecule has 0 aliphatic carbocycles. The Morgan fingerprint density at radius 1 is 1.41 bits per heavy atom. The average Bonchev–Trinajstić information content (AvgIpc) is 2.25. The Morgan fingerprint density at radius 2 is 2.00 bits per heavy atom. The van der Waals surface area contributed by atoms with E-state index in [0.29, 0.717) is 5.56 Å². The second-order valence-corrected chi connectivity index (χ2v) is 4.18. The molecule has 1 unspecified atom stereocenters. The Hall–Kier alpha value is -1.03. The standard InChI is InChI=1S/C12H12ClF3O/c1-3-8-6-9(11(13)7(2)17)4-5-10(8)12(14,15)16/h4-6,11H,3H2,1-2H3. The van der Waals surface area contributed by atoms with Crippen LogP contribution in [0.15, 0.2) is 18.2 Å². The van der Waals surface area contributed by atoms with Crippen molar-refractivity contribution in [3.8, 4) is 0 Å². The lowest BCUT2D eigenvalue weighted by molar-refractivity contribution is -0.138. The van der Waals surface area contributed by atoms with Gasteiger partial charge in [-0.25, -0.2) is 0 Å². The summed E-state index contributed by atoms with van der Waals surface area (Å²) < 4.78 is 37.9. The number of rotatable bonds is 3. The van der Waals surface area contributed by atoms with Gasteiger partial charge in [0.1, 0.15) is 5.38 Å². The predicted molar refractivity (Wildman–Crippen MR) is 60.1 cm³/mol. The van der Waals surface area contributed by atoms with Crippen LogP contribution in [0.1, 0.15) is 35.9 Å². The van der Waals surface area contributed by atoms with Crippen molar-refractivity contribution in [2.75, 3.05) is 0 Å². The number of hydrogen-bond donors (Lipinski definition) is 0. The smallest absolute Gasteiger partial charge is 0.298 e. The van der Waals surface area contributed by atoms with E-state index in [1.165, 1.54) is 19.1 Å². The quantitative estimate of drug-likeness (QED) is 0.750. The molecule has 1 aromatic carbocycles. The van der Waals surface area contributed by atoms with Gasteiger partial charge < -0.3 is 0 Å². The third-order valence-corrected chi connectivity index (χ3v) is 3.02. The lowest BCUT2D eigenvalue weighted by Gasteiger charge is -2.14. The van der Waals surface area contributed by atoms with E-state index in [-0.39, 0.29) is 17.8 Å². The first-order valence-corrected chi connectivity index (χ1v) is 5.55. The number of carbonyl (C=O) groups excluding carboxylic acids is 1. The highest BCUT2D eigenvalue weighted by molar-refractivity contribution is 6.30. The summed E-state index contributed by atoms with van der Waals surface area (Å²) in [7, 11) is 0. The third kappa shape index (κ3) is 3.22. The van der Waals surface area contributed by atoms with Gasteiger partial charge in [-0.3, -0.25) is 4.79 Å². The van der Waals surface area contributed by atoms with E-state index in [1.54, 1.807) is 6.92 Å². The number of aryl methyl sites for hydroxylation is 1. The summed E-state index contributed by atoms with van der Waals surface area (Å²) in [6, 6.07) is 3.58. The van der Waals surface area contributed by atoms with Crippen LogP contribution in [0.4, 0.5) is 13.2 Å². The monoisotopic (exact) mass is 264 g/mol. The minimum Gasteiger partial charge on any atom is -0.298 e. The minimum absolute atomic E-state index is 0.155. The molecule has 0 heterocycles. The first-order valence-electron chi connectivity index (χ1n) is 5.12. The van der Waals surface area contributed by atoms with Crippen LogP contribution in [-0.2, 0) is 17.4 Å². The van der Waals surface area contributed by atoms with Crippen molar-refractivity contribution in [2.45, 2.75) is 31.8 Å². The molecule has 0 N–H and O–H groups in total. The van der Waals surface area contributed by atoms with Crippen molar-refractivity contribution < 1.29 is 18.0 Å². The van der Waals surface area contributed by atoms with Crippen LogP contribution in [0.25, 0.3) is 0 Å². The molecule has 0 spiro atoms. The molecule has 1 aromatic rings. The van der Waals surface area contributed by atoms with Crippen LogP contribution >= 0.6 is 11.6 Å². The summed E-state index contributed by atoms with van der Waals surface area (Å²) in [5, 5.41) is -0.886. The molecule has 1 nitrogen and oxygen atoms in total. The van der Waals surface area contributed by atoms with Gasteiger partial charge >= 0.3 is 6.18 Å². The van der Waals surface area contributed by atoms with Crippen molar-refractivity contribution >= 4 is 17.4 Å². The first-order chi connectivity index (χ1) is 7.77. The van der Waals surface area contributed by atoms with Gasteiger partial charge in [-0.05, 0) is 30.5 Å². The van der Waals surface area contributed by atoms with E-state index in [9.17, 15) is 18.0 Å². The van der Waals surface area contributed by atoms with Gasteiger partial charge in [-0.2, -0.15) is 13.2 Å². The second kappa shape index (κ2) is 5.08. The Morgan fingerprint density at radius 3 is 2.41 bits per heavy atom. The summed E-state index contributed by atoms with van der Waals surface area (Å²) in [5.74, 6) is -0.284. The first kappa shape index (κ1) is 14.0. The van der Waals surface area contributed by atoms with Crippen molar-refractivity contribution in [2.24, 2.45) is 0 Å². The Kier molecular flexibility index (Phi) is 4.20. The zero-order valence-electron chi connectivity index (χ0n) is 9.44. The summed E-state index contributed by atoms with van der Waals surface area (Å²) in [6.45, 7) is 2.94. The molecule has 94 valence electrons. The lowest BCUT2D eigenvalue weighted by Crippen LogP contribution is -2.10. The van der Waals surface area contributed by atoms with Crippen LogP contribution in [0.3, 0.4) is 0 Å². The van der Waals surface area contributed by atoms with Gasteiger partial charge in [0.25, 0.3) is 0 Å². The highest BCUT2D eigenvalue weighted by Gasteiger charge is 2.33. The van der Waals surface area contributed by atoms with Crippen molar-refractivity contribution in [3.63, 3.8) is 0 Å². The minimum atomic E-state index is -4.37. The van der Waals surface area contributed by atoms with Gasteiger partial charge in [-0.1, -0.05) is 19.1 Å². The van der Waals surface area contributed by atoms with Crippen LogP contribution in [0.2, 0.25) is 0 Å². The lowest BCUT2D eigenvalue weighted by atomic mass is 9.99. The van der Waals surface area contributed by atoms with Gasteiger partial charge in [-0.15, -0.1) is 11.6 Å². The molecular formula is C12H12ClF3O. The fraction of sp³-hybridized carbons (Fsp3) is 0.417. The molecule has 0 bridgehead atoms. The molecule has 0 aliphatic rings. The number of alkyl halides is 4. The van der Waals surface area contributed by atoms with Gasteiger partial charge in [0.2, 0.25) is 0 Å². The largest absolute Gasteiger partial charge is 0.416 e. The Labute approximate surface area is 103 Å². The van der Waals surface area contributed by atoms with Gasteiger partial charge in [0, 0.05) is 0 Å². The van der Waals surface area contributed by atoms with Gasteiger partial charge in [0.15, 0.2) is 5.78 Å². The zero-order valence-corrected chi connectivity index (χ0v) is 10.2. The number of Topliss-reactive ketones (excluding diaryl/α,β-unsaturated/α-hetero) is 1. The summed E-state index contributed by atoms with van der Waals surface area (Å²) in [5.41, 5.74) is -0.109. The van der Waals surface area contributed by atoms with Crippen LogP contribution in [0, 0.1) is 0 Å². The van der Waals surface area contributed by atoms with E-state index >= 15 is 0 Å². The highest BCUT2D eigenvalue weighted by Crippen LogP contribution is 2.34. The molecular weight excluding hydrogens is 253 g/mol. The van der Waals surface area contributed by atoms with E-state index < -0.39 is 17.1 Å². The molecule has 0 aromatic heterocycles. The number of halogens is 4. The fourth-order valence-corrected chi connectivity index (χ4v) is 1.71. The summed E-state index contributed by atoms with van der Waals surface area (Å²) in [6.07, 6.45) is -4.13. The van der Waals surface area contributed by atoms with Crippen LogP contribution in [0.5, 0.6) is 0 Å². The summed E-state index contributed by atoms with van der Waals surface area (Å²) >= 11 is 5.81. The normalized spacial score (nSPS) is 13.5. The van der Waals surface area contributed by atoms with Crippen LogP contribution < -0.4 is 0 Å². The predicted octanol–water partition coefficient (Wildman–Crippen LogP) is 4.14. The SMILES string of the molecule is CCc1cc(C(Cl)C(C)=O)ccc1C(F)(F)F. The molecule has 0 saturated heterocycles. The number of carbonyl (C=O) groups is 1. The Balaban J connectivity index is 3.22. The maximum atomic E-state index is 12.6. The molecule has 0 radical (unpaired) electrons. The molecule has 0 fully saturated rings. The maximum absolute atomic E-state index is 12.6. The van der Waals surface area contributed by atoms with Crippen molar-refractivity contribution in [1.82, 2.24) is 0 Å². The topological polar surface area (TPSA) is 17.1 Å². The number of benzene rings is 1. The van der Waals surface area contributed by atoms with E-state index in [4.69, 9.17) is 11.6 Å². The van der Waals surface area contributed by atoms with Crippen molar-refractivity contribution in [3.05, 3.63) is 34.9 Å². The highest BCUT2D eigenvalue weighted by atomic mass is 35.5. The second-order valence-electron chi connectivity index (χ2n) is 3.74. The van der Waals surface area contributed by atoms with Crippen molar-refractivity contribution in [1.29, 1.82) is 0 Å². The maximum Gasteiger partial charge on any atom is 0.416 e. The zero-order chi connectivity index (χ0) is 13.2. The van der Waals surface area contributed by atoms with E-state index in [0.717, 1.165) is 6.07 Å². The number of hydrogen-bond acceptors (Lipinski definition) is 1. The molecule has 5 heteroatoms. The molecule has 0 saturated carbocycles. The third-order valence-electron chi connectivity index (χ3n) is 2.47. The molecule has 1 atom stereocenters.